The number of ether oxygens (including phenoxy) is 1. The minimum Gasteiger partial charge on any atom is -0.480 e. The molecule has 2 atom stereocenters. The minimum atomic E-state index is -1.04. The van der Waals surface area contributed by atoms with Gasteiger partial charge >= 0.3 is 5.97 Å². The Morgan fingerprint density at radius 1 is 0.756 bits per heavy atom. The summed E-state index contributed by atoms with van der Waals surface area (Å²) in [6, 6.07) is 17.9. The molecule has 3 aliphatic rings. The average molecular weight is 620 g/mol. The third-order valence-corrected chi connectivity index (χ3v) is 9.02. The van der Waals surface area contributed by atoms with Crippen molar-refractivity contribution in [2.24, 2.45) is 0 Å². The predicted octanol–water partition coefficient (Wildman–Crippen LogP) is 4.93. The molecular formula is C36H49N3O6. The van der Waals surface area contributed by atoms with Crippen molar-refractivity contribution in [3.8, 4) is 0 Å². The Hall–Kier alpha value is -3.56. The molecule has 2 aromatic carbocycles. The zero-order valence-corrected chi connectivity index (χ0v) is 26.3. The maximum atomic E-state index is 12.8. The van der Waals surface area contributed by atoms with Crippen LogP contribution in [0.5, 0.6) is 0 Å². The van der Waals surface area contributed by atoms with Gasteiger partial charge in [-0.15, -0.1) is 0 Å². The van der Waals surface area contributed by atoms with Crippen LogP contribution in [0.2, 0.25) is 0 Å². The average Bonchev–Trinajstić information content (AvgIpc) is 3.58. The Kier molecular flexibility index (Phi) is 14.0. The van der Waals surface area contributed by atoms with Crippen molar-refractivity contribution >= 4 is 23.6 Å². The zero-order chi connectivity index (χ0) is 31.9. The van der Waals surface area contributed by atoms with Crippen molar-refractivity contribution in [3.63, 3.8) is 0 Å². The molecule has 1 heterocycles. The van der Waals surface area contributed by atoms with Gasteiger partial charge in [0.2, 0.25) is 5.91 Å². The second-order valence-corrected chi connectivity index (χ2v) is 12.5. The molecule has 2 amide bonds. The summed E-state index contributed by atoms with van der Waals surface area (Å²) in [5.74, 6) is -2.26. The molecule has 45 heavy (non-hydrogen) atoms. The van der Waals surface area contributed by atoms with Crippen molar-refractivity contribution in [2.75, 3.05) is 19.8 Å². The highest BCUT2D eigenvalue weighted by Gasteiger charge is 2.34. The molecule has 1 aliphatic heterocycles. The van der Waals surface area contributed by atoms with Crippen molar-refractivity contribution in [2.45, 2.75) is 108 Å². The fourth-order valence-corrected chi connectivity index (χ4v) is 6.54. The third kappa shape index (κ3) is 11.4. The van der Waals surface area contributed by atoms with Gasteiger partial charge in [0.1, 0.15) is 19.3 Å². The Morgan fingerprint density at radius 2 is 1.33 bits per heavy atom. The van der Waals surface area contributed by atoms with Gasteiger partial charge in [-0.2, -0.15) is 0 Å². The number of Topliss-reactive ketones (excluding diaryl/α,β-unsaturated/α-hetero) is 1. The summed E-state index contributed by atoms with van der Waals surface area (Å²) in [5, 5.41) is 15.8. The van der Waals surface area contributed by atoms with Crippen molar-refractivity contribution in [1.82, 2.24) is 15.5 Å². The van der Waals surface area contributed by atoms with Crippen LogP contribution in [0.4, 0.5) is 0 Å². The number of hydrogen-bond acceptors (Lipinski definition) is 6. The van der Waals surface area contributed by atoms with Crippen LogP contribution in [-0.4, -0.2) is 77.5 Å². The van der Waals surface area contributed by atoms with E-state index < -0.39 is 24.0 Å². The van der Waals surface area contributed by atoms with Crippen LogP contribution in [0.3, 0.4) is 0 Å². The molecule has 2 saturated carbocycles. The maximum absolute atomic E-state index is 12.8. The lowest BCUT2D eigenvalue weighted by atomic mass is 9.91. The smallest absolute Gasteiger partial charge is 0.326 e. The van der Waals surface area contributed by atoms with Gasteiger partial charge in [0.25, 0.3) is 5.91 Å². The molecule has 2 aliphatic carbocycles. The number of carboxylic acids is 1. The number of carboxylic acid groups (broad SMARTS) is 1. The molecule has 9 heteroatoms. The van der Waals surface area contributed by atoms with E-state index in [4.69, 9.17) is 4.74 Å². The number of carbonyl (C=O) groups is 4. The lowest BCUT2D eigenvalue weighted by molar-refractivity contribution is -0.150. The molecule has 0 radical (unpaired) electrons. The molecular weight excluding hydrogens is 570 g/mol. The second kappa shape index (κ2) is 18.4. The maximum Gasteiger partial charge on any atom is 0.326 e. The van der Waals surface area contributed by atoms with Crippen LogP contribution in [0.1, 0.15) is 93.0 Å². The van der Waals surface area contributed by atoms with Crippen LogP contribution >= 0.6 is 0 Å². The molecule has 2 aromatic rings. The predicted molar refractivity (Wildman–Crippen MR) is 173 cm³/mol. The first-order valence-corrected chi connectivity index (χ1v) is 16.7. The summed E-state index contributed by atoms with van der Waals surface area (Å²) in [6.07, 6.45) is 15.9. The Bertz CT molecular complexity index is 1200. The number of aliphatic carboxylic acids is 1. The first kappa shape index (κ1) is 34.3. The van der Waals surface area contributed by atoms with E-state index in [9.17, 15) is 24.3 Å². The number of nitrogens with one attached hydrogen (secondary N) is 2. The van der Waals surface area contributed by atoms with Gasteiger partial charge in [0, 0.05) is 24.2 Å². The fraction of sp³-hybridized carbons (Fsp3) is 0.556. The molecule has 0 spiro atoms. The number of carbonyl (C=O) groups excluding carboxylic acids is 3. The largest absolute Gasteiger partial charge is 0.480 e. The van der Waals surface area contributed by atoms with Crippen LogP contribution in [0, 0.1) is 0 Å². The van der Waals surface area contributed by atoms with Gasteiger partial charge in [-0.1, -0.05) is 87.1 Å². The van der Waals surface area contributed by atoms with Crippen molar-refractivity contribution < 1.29 is 29.0 Å². The number of hydrogen-bond donors (Lipinski definition) is 3. The van der Waals surface area contributed by atoms with Gasteiger partial charge in [-0.25, -0.2) is 4.79 Å². The van der Waals surface area contributed by atoms with Crippen LogP contribution < -0.4 is 10.6 Å². The second-order valence-electron chi connectivity index (χ2n) is 12.5. The van der Waals surface area contributed by atoms with E-state index in [2.05, 4.69) is 10.6 Å². The molecule has 9 nitrogen and oxygen atoms in total. The zero-order valence-electron chi connectivity index (χ0n) is 26.3. The molecule has 5 rings (SSSR count). The van der Waals surface area contributed by atoms with Gasteiger partial charge in [-0.3, -0.25) is 14.4 Å². The van der Waals surface area contributed by atoms with Crippen LogP contribution in [0.25, 0.3) is 0 Å². The number of rotatable bonds is 12. The molecule has 3 fully saturated rings. The number of ketones is 1. The van der Waals surface area contributed by atoms with Gasteiger partial charge in [-0.05, 0) is 62.6 Å². The number of benzene rings is 2. The van der Waals surface area contributed by atoms with E-state index in [0.717, 1.165) is 17.6 Å². The summed E-state index contributed by atoms with van der Waals surface area (Å²) < 4.78 is 5.32. The standard InChI is InChI=1S/C24H26N2O6.C12H23N/c27-21(15-32-16-22(28)26-13-7-12-20(26)24(30)31)19(14-17-8-3-1-4-9-17)25-23(29)18-10-5-2-6-11-18;1-3-7-11(8-4-1)13-12-9-5-2-6-10-12/h1-6,8-11,19-20H,7,12-16H2,(H,25,29)(H,30,31);11-13H,1-10H2/t19?,20-;/m1./s1. The molecule has 244 valence electrons. The first-order chi connectivity index (χ1) is 21.9. The lowest BCUT2D eigenvalue weighted by Crippen LogP contribution is -2.45. The van der Waals surface area contributed by atoms with Gasteiger partial charge < -0.3 is 25.4 Å². The topological polar surface area (TPSA) is 125 Å². The Balaban J connectivity index is 0.000000293. The van der Waals surface area contributed by atoms with Crippen LogP contribution in [0.15, 0.2) is 60.7 Å². The van der Waals surface area contributed by atoms with E-state index in [1.807, 2.05) is 30.3 Å². The highest BCUT2D eigenvalue weighted by atomic mass is 16.5. The van der Waals surface area contributed by atoms with Gasteiger partial charge in [0.15, 0.2) is 5.78 Å². The quantitative estimate of drug-likeness (QED) is 0.308. The van der Waals surface area contributed by atoms with Crippen molar-refractivity contribution in [1.29, 1.82) is 0 Å². The molecule has 3 N–H and O–H groups in total. The van der Waals surface area contributed by atoms with Crippen LogP contribution in [-0.2, 0) is 25.5 Å². The SMILES string of the molecule is C1CCC(NC2CCCCC2)CC1.O=C(NC(Cc1ccccc1)C(=O)COCC(=O)N1CCC[C@@H]1C(=O)O)c1ccccc1. The monoisotopic (exact) mass is 619 g/mol. The minimum absolute atomic E-state index is 0.281. The Labute approximate surface area is 267 Å². The fourth-order valence-electron chi connectivity index (χ4n) is 6.54. The van der Waals surface area contributed by atoms with E-state index in [1.54, 1.807) is 30.3 Å². The molecule has 0 bridgehead atoms. The van der Waals surface area contributed by atoms with E-state index in [1.165, 1.54) is 69.1 Å². The number of amides is 2. The molecule has 0 aromatic heterocycles. The lowest BCUT2D eigenvalue weighted by Gasteiger charge is -2.30. The van der Waals surface area contributed by atoms with Crippen molar-refractivity contribution in [3.05, 3.63) is 71.8 Å². The molecule has 1 saturated heterocycles. The summed E-state index contributed by atoms with van der Waals surface area (Å²) in [7, 11) is 0. The highest BCUT2D eigenvalue weighted by Crippen LogP contribution is 2.22. The number of nitrogens with zero attached hydrogens (tertiary/aromatic N) is 1. The summed E-state index contributed by atoms with van der Waals surface area (Å²) in [6.45, 7) is -0.402. The van der Waals surface area contributed by atoms with E-state index in [-0.39, 0.29) is 31.3 Å². The first-order valence-electron chi connectivity index (χ1n) is 16.7. The van der Waals surface area contributed by atoms with Gasteiger partial charge in [0.05, 0.1) is 6.04 Å². The molecule has 1 unspecified atom stereocenters. The van der Waals surface area contributed by atoms with E-state index in [0.29, 0.717) is 24.9 Å². The summed E-state index contributed by atoms with van der Waals surface area (Å²) in [5.41, 5.74) is 1.31. The van der Waals surface area contributed by atoms with E-state index >= 15 is 0 Å². The Morgan fingerprint density at radius 3 is 1.91 bits per heavy atom. The highest BCUT2D eigenvalue weighted by molar-refractivity contribution is 5.98. The normalized spacial score (nSPS) is 19.6. The number of likely N-dealkylation sites (tertiary alicyclic amines) is 1. The summed E-state index contributed by atoms with van der Waals surface area (Å²) >= 11 is 0. The third-order valence-electron chi connectivity index (χ3n) is 9.02. The summed E-state index contributed by atoms with van der Waals surface area (Å²) in [4.78, 5) is 50.3.